The van der Waals surface area contributed by atoms with Crippen molar-refractivity contribution in [1.82, 2.24) is 5.32 Å². The number of benzene rings is 1. The van der Waals surface area contributed by atoms with Gasteiger partial charge in [0.05, 0.1) is 0 Å². The molecule has 0 fully saturated rings. The van der Waals surface area contributed by atoms with E-state index in [4.69, 9.17) is 4.74 Å². The molecule has 0 amide bonds. The molecule has 0 aliphatic carbocycles. The highest BCUT2D eigenvalue weighted by Crippen LogP contribution is 2.42. The fraction of sp³-hybridized carbons (Fsp3) is 0.571. The van der Waals surface area contributed by atoms with Gasteiger partial charge in [0.15, 0.2) is 0 Å². The van der Waals surface area contributed by atoms with Gasteiger partial charge in [-0.2, -0.15) is 0 Å². The Hall–Kier alpha value is -1.02. The maximum absolute atomic E-state index is 6.12. The van der Waals surface area contributed by atoms with Gasteiger partial charge in [0.25, 0.3) is 0 Å². The molecule has 0 radical (unpaired) electrons. The van der Waals surface area contributed by atoms with Crippen LogP contribution >= 0.6 is 0 Å². The topological polar surface area (TPSA) is 21.3 Å². The molecule has 1 atom stereocenters. The van der Waals surface area contributed by atoms with Crippen molar-refractivity contribution in [2.24, 2.45) is 0 Å². The lowest BCUT2D eigenvalue weighted by Gasteiger charge is -2.39. The van der Waals surface area contributed by atoms with Gasteiger partial charge in [-0.25, -0.2) is 0 Å². The summed E-state index contributed by atoms with van der Waals surface area (Å²) in [5, 5.41) is 3.40. The first-order valence-electron chi connectivity index (χ1n) is 5.91. The zero-order valence-corrected chi connectivity index (χ0v) is 10.8. The van der Waals surface area contributed by atoms with Crippen LogP contribution < -0.4 is 10.1 Å². The van der Waals surface area contributed by atoms with E-state index >= 15 is 0 Å². The third-order valence-electron chi connectivity index (χ3n) is 3.38. The molecule has 2 rings (SSSR count). The van der Waals surface area contributed by atoms with Crippen LogP contribution in [0.2, 0.25) is 0 Å². The SMILES string of the molecule is CNC1CC(C)(C)Oc2c(C)ccc(C)c21. The maximum atomic E-state index is 6.12. The Morgan fingerprint density at radius 3 is 2.50 bits per heavy atom. The number of rotatable bonds is 1. The van der Waals surface area contributed by atoms with Gasteiger partial charge in [-0.05, 0) is 45.9 Å². The minimum atomic E-state index is -0.0841. The second-order valence-corrected chi connectivity index (χ2v) is 5.35. The highest BCUT2D eigenvalue weighted by Gasteiger charge is 2.34. The normalized spacial score (nSPS) is 22.4. The van der Waals surface area contributed by atoms with E-state index < -0.39 is 0 Å². The van der Waals surface area contributed by atoms with Crippen molar-refractivity contribution >= 4 is 0 Å². The van der Waals surface area contributed by atoms with E-state index in [0.717, 1.165) is 12.2 Å². The lowest BCUT2D eigenvalue weighted by Crippen LogP contribution is -2.39. The lowest BCUT2D eigenvalue weighted by molar-refractivity contribution is 0.0663. The van der Waals surface area contributed by atoms with Gasteiger partial charge in [-0.1, -0.05) is 12.1 Å². The van der Waals surface area contributed by atoms with E-state index in [9.17, 15) is 0 Å². The predicted molar refractivity (Wildman–Crippen MR) is 67.0 cm³/mol. The molecule has 1 heterocycles. The van der Waals surface area contributed by atoms with Gasteiger partial charge in [0, 0.05) is 18.0 Å². The molecule has 88 valence electrons. The molecule has 0 aromatic heterocycles. The minimum absolute atomic E-state index is 0.0841. The van der Waals surface area contributed by atoms with Crippen molar-refractivity contribution in [3.8, 4) is 5.75 Å². The average molecular weight is 219 g/mol. The molecule has 1 N–H and O–H groups in total. The van der Waals surface area contributed by atoms with Crippen LogP contribution in [-0.2, 0) is 0 Å². The Morgan fingerprint density at radius 2 is 1.88 bits per heavy atom. The van der Waals surface area contributed by atoms with E-state index in [2.05, 4.69) is 45.1 Å². The van der Waals surface area contributed by atoms with Crippen molar-refractivity contribution < 1.29 is 4.74 Å². The van der Waals surface area contributed by atoms with Crippen molar-refractivity contribution in [2.75, 3.05) is 7.05 Å². The van der Waals surface area contributed by atoms with Crippen LogP contribution in [-0.4, -0.2) is 12.6 Å². The lowest BCUT2D eigenvalue weighted by atomic mass is 9.86. The highest BCUT2D eigenvalue weighted by molar-refractivity contribution is 5.49. The Kier molecular flexibility index (Phi) is 2.70. The van der Waals surface area contributed by atoms with Gasteiger partial charge in [-0.3, -0.25) is 0 Å². The summed E-state index contributed by atoms with van der Waals surface area (Å²) in [6.45, 7) is 8.58. The van der Waals surface area contributed by atoms with Gasteiger partial charge in [0.2, 0.25) is 0 Å². The Balaban J connectivity index is 2.58. The number of aryl methyl sites for hydroxylation is 2. The summed E-state index contributed by atoms with van der Waals surface area (Å²) in [4.78, 5) is 0. The number of fused-ring (bicyclic) bond motifs is 1. The standard InChI is InChI=1S/C14H21NO/c1-9-6-7-10(2)13-12(9)11(15-5)8-14(3,4)16-13/h6-7,11,15H,8H2,1-5H3. The highest BCUT2D eigenvalue weighted by atomic mass is 16.5. The zero-order valence-electron chi connectivity index (χ0n) is 10.8. The van der Waals surface area contributed by atoms with Crippen LogP contribution in [0.15, 0.2) is 12.1 Å². The molecule has 1 aliphatic rings. The zero-order chi connectivity index (χ0) is 11.9. The molecule has 1 aliphatic heterocycles. The molecule has 2 heteroatoms. The van der Waals surface area contributed by atoms with Crippen molar-refractivity contribution in [3.63, 3.8) is 0 Å². The molecular weight excluding hydrogens is 198 g/mol. The van der Waals surface area contributed by atoms with Gasteiger partial charge >= 0.3 is 0 Å². The van der Waals surface area contributed by atoms with Crippen LogP contribution in [0.4, 0.5) is 0 Å². The number of hydrogen-bond donors (Lipinski definition) is 1. The largest absolute Gasteiger partial charge is 0.487 e. The van der Waals surface area contributed by atoms with Gasteiger partial charge in [0.1, 0.15) is 11.4 Å². The summed E-state index contributed by atoms with van der Waals surface area (Å²) in [7, 11) is 2.03. The van der Waals surface area contributed by atoms with E-state index in [0.29, 0.717) is 6.04 Å². The Labute approximate surface area is 98.0 Å². The van der Waals surface area contributed by atoms with Crippen LogP contribution in [0, 0.1) is 13.8 Å². The van der Waals surface area contributed by atoms with Crippen LogP contribution in [0.3, 0.4) is 0 Å². The van der Waals surface area contributed by atoms with Gasteiger partial charge < -0.3 is 10.1 Å². The second kappa shape index (κ2) is 3.77. The maximum Gasteiger partial charge on any atom is 0.128 e. The van der Waals surface area contributed by atoms with Crippen molar-refractivity contribution in [2.45, 2.75) is 45.8 Å². The minimum Gasteiger partial charge on any atom is -0.487 e. The molecule has 1 unspecified atom stereocenters. The van der Waals surface area contributed by atoms with E-state index in [1.54, 1.807) is 0 Å². The molecule has 0 saturated heterocycles. The van der Waals surface area contributed by atoms with E-state index in [1.165, 1.54) is 16.7 Å². The van der Waals surface area contributed by atoms with Gasteiger partial charge in [-0.15, -0.1) is 0 Å². The van der Waals surface area contributed by atoms with Crippen LogP contribution in [0.1, 0.15) is 43.0 Å². The summed E-state index contributed by atoms with van der Waals surface area (Å²) in [6, 6.07) is 4.72. The van der Waals surface area contributed by atoms with Crippen molar-refractivity contribution in [3.05, 3.63) is 28.8 Å². The molecule has 0 bridgehead atoms. The number of ether oxygens (including phenoxy) is 1. The molecule has 2 nitrogen and oxygen atoms in total. The Bertz CT molecular complexity index is 409. The van der Waals surface area contributed by atoms with Crippen LogP contribution in [0.25, 0.3) is 0 Å². The average Bonchev–Trinajstić information content (AvgIpc) is 2.21. The fourth-order valence-electron chi connectivity index (χ4n) is 2.53. The van der Waals surface area contributed by atoms with E-state index in [-0.39, 0.29) is 5.60 Å². The molecule has 0 saturated carbocycles. The quantitative estimate of drug-likeness (QED) is 0.783. The smallest absolute Gasteiger partial charge is 0.128 e. The Morgan fingerprint density at radius 1 is 1.25 bits per heavy atom. The van der Waals surface area contributed by atoms with E-state index in [1.807, 2.05) is 7.05 Å². The number of hydrogen-bond acceptors (Lipinski definition) is 2. The summed E-state index contributed by atoms with van der Waals surface area (Å²) in [5.74, 6) is 1.08. The molecule has 0 spiro atoms. The third kappa shape index (κ3) is 1.82. The van der Waals surface area contributed by atoms with Crippen LogP contribution in [0.5, 0.6) is 5.75 Å². The molecule has 16 heavy (non-hydrogen) atoms. The summed E-state index contributed by atoms with van der Waals surface area (Å²) < 4.78 is 6.12. The summed E-state index contributed by atoms with van der Waals surface area (Å²) >= 11 is 0. The molecular formula is C14H21NO. The first kappa shape index (κ1) is 11.5. The molecule has 1 aromatic carbocycles. The molecule has 1 aromatic rings. The second-order valence-electron chi connectivity index (χ2n) is 5.35. The predicted octanol–water partition coefficient (Wildman–Crippen LogP) is 3.13. The number of nitrogens with one attached hydrogen (secondary N) is 1. The third-order valence-corrected chi connectivity index (χ3v) is 3.38. The first-order chi connectivity index (χ1) is 7.44. The monoisotopic (exact) mass is 219 g/mol. The van der Waals surface area contributed by atoms with Crippen molar-refractivity contribution in [1.29, 1.82) is 0 Å². The first-order valence-corrected chi connectivity index (χ1v) is 5.91. The summed E-state index contributed by atoms with van der Waals surface area (Å²) in [6.07, 6.45) is 1.01. The summed E-state index contributed by atoms with van der Waals surface area (Å²) in [5.41, 5.74) is 3.80. The fourth-order valence-corrected chi connectivity index (χ4v) is 2.53.